The first-order valence-corrected chi connectivity index (χ1v) is 13.2. The van der Waals surface area contributed by atoms with Crippen LogP contribution in [-0.4, -0.2) is 15.9 Å². The van der Waals surface area contributed by atoms with Crippen molar-refractivity contribution in [1.29, 1.82) is 0 Å². The van der Waals surface area contributed by atoms with Crippen molar-refractivity contribution in [3.63, 3.8) is 0 Å². The summed E-state index contributed by atoms with van der Waals surface area (Å²) in [5, 5.41) is 4.64. The summed E-state index contributed by atoms with van der Waals surface area (Å²) in [5.74, 6) is 0.574. The molecule has 0 radical (unpaired) electrons. The van der Waals surface area contributed by atoms with Crippen LogP contribution in [0.3, 0.4) is 0 Å². The average Bonchev–Trinajstić information content (AvgIpc) is 2.92. The van der Waals surface area contributed by atoms with Crippen LogP contribution in [0.5, 0.6) is 5.75 Å². The van der Waals surface area contributed by atoms with E-state index in [4.69, 9.17) is 4.74 Å². The summed E-state index contributed by atoms with van der Waals surface area (Å²) in [6, 6.07) is 24.2. The minimum absolute atomic E-state index is 0.00598. The SMILES string of the molecule is O=c1c2ccccc2nc(-c2cccc(C(F)(F)F)c2)n1N=Cc1cccc(OCc2ccc(Br)cc2Br)c1. The fourth-order valence-electron chi connectivity index (χ4n) is 3.86. The number of rotatable bonds is 6. The van der Waals surface area contributed by atoms with Crippen LogP contribution in [0, 0.1) is 0 Å². The molecule has 4 aromatic carbocycles. The molecule has 196 valence electrons. The van der Waals surface area contributed by atoms with Crippen LogP contribution in [0.25, 0.3) is 22.3 Å². The number of hydrogen-bond donors (Lipinski definition) is 0. The van der Waals surface area contributed by atoms with Crippen molar-refractivity contribution in [3.8, 4) is 17.1 Å². The lowest BCUT2D eigenvalue weighted by Gasteiger charge is -2.12. The van der Waals surface area contributed by atoms with E-state index in [9.17, 15) is 18.0 Å². The molecule has 0 saturated heterocycles. The molecule has 0 aliphatic heterocycles. The minimum atomic E-state index is -4.55. The summed E-state index contributed by atoms with van der Waals surface area (Å²) in [5.41, 5.74) is 0.698. The zero-order chi connectivity index (χ0) is 27.6. The van der Waals surface area contributed by atoms with Crippen LogP contribution >= 0.6 is 31.9 Å². The van der Waals surface area contributed by atoms with Crippen molar-refractivity contribution in [3.05, 3.63) is 127 Å². The highest BCUT2D eigenvalue weighted by atomic mass is 79.9. The molecule has 1 heterocycles. The van der Waals surface area contributed by atoms with E-state index in [-0.39, 0.29) is 11.4 Å². The summed E-state index contributed by atoms with van der Waals surface area (Å²) in [4.78, 5) is 17.8. The van der Waals surface area contributed by atoms with Gasteiger partial charge in [-0.05, 0) is 54.1 Å². The summed E-state index contributed by atoms with van der Waals surface area (Å²) in [6.45, 7) is 0.322. The standard InChI is InChI=1S/C29H18Br2F3N3O2/c30-22-12-11-20(25(31)15-22)17-39-23-8-3-5-18(13-23)16-35-37-27(19-6-4-7-21(14-19)29(32,33)34)36-26-10-2-1-9-24(26)28(37)38/h1-16H,17H2. The summed E-state index contributed by atoms with van der Waals surface area (Å²) in [6.07, 6.45) is -3.11. The first-order chi connectivity index (χ1) is 18.7. The topological polar surface area (TPSA) is 56.5 Å². The van der Waals surface area contributed by atoms with Crippen molar-refractivity contribution in [1.82, 2.24) is 9.66 Å². The molecular formula is C29H18Br2F3N3O2. The maximum Gasteiger partial charge on any atom is 0.416 e. The zero-order valence-electron chi connectivity index (χ0n) is 20.0. The van der Waals surface area contributed by atoms with Gasteiger partial charge >= 0.3 is 6.18 Å². The van der Waals surface area contributed by atoms with E-state index in [1.54, 1.807) is 48.5 Å². The molecule has 0 aliphatic rings. The molecule has 5 aromatic rings. The lowest BCUT2D eigenvalue weighted by Crippen LogP contribution is -2.20. The van der Waals surface area contributed by atoms with E-state index in [1.165, 1.54) is 18.3 Å². The number of alkyl halides is 3. The van der Waals surface area contributed by atoms with Gasteiger partial charge in [0.05, 0.1) is 22.7 Å². The van der Waals surface area contributed by atoms with E-state index < -0.39 is 17.3 Å². The molecule has 5 rings (SSSR count). The second-order valence-corrected chi connectivity index (χ2v) is 10.3. The highest BCUT2D eigenvalue weighted by molar-refractivity contribution is 9.11. The number of hydrogen-bond acceptors (Lipinski definition) is 4. The molecule has 0 saturated carbocycles. The Kier molecular flexibility index (Phi) is 7.67. The maximum absolute atomic E-state index is 13.4. The normalized spacial score (nSPS) is 11.8. The fourth-order valence-corrected chi connectivity index (χ4v) is 5.02. The van der Waals surface area contributed by atoms with Crippen molar-refractivity contribution in [2.24, 2.45) is 5.10 Å². The number of benzene rings is 4. The third kappa shape index (κ3) is 6.12. The third-order valence-electron chi connectivity index (χ3n) is 5.79. The van der Waals surface area contributed by atoms with Gasteiger partial charge in [-0.1, -0.05) is 74.3 Å². The van der Waals surface area contributed by atoms with Gasteiger partial charge in [0.15, 0.2) is 5.82 Å². The number of aromatic nitrogens is 2. The van der Waals surface area contributed by atoms with E-state index >= 15 is 0 Å². The minimum Gasteiger partial charge on any atom is -0.489 e. The number of ether oxygens (including phenoxy) is 1. The van der Waals surface area contributed by atoms with Crippen molar-refractivity contribution < 1.29 is 17.9 Å². The summed E-state index contributed by atoms with van der Waals surface area (Å²) >= 11 is 6.94. The Morgan fingerprint density at radius 3 is 2.51 bits per heavy atom. The quantitative estimate of drug-likeness (QED) is 0.174. The number of fused-ring (bicyclic) bond motifs is 1. The van der Waals surface area contributed by atoms with Gasteiger partial charge in [-0.15, -0.1) is 0 Å². The van der Waals surface area contributed by atoms with Crippen LogP contribution in [0.2, 0.25) is 0 Å². The molecule has 39 heavy (non-hydrogen) atoms. The molecule has 0 spiro atoms. The fraction of sp³-hybridized carbons (Fsp3) is 0.0690. The molecule has 0 bridgehead atoms. The second-order valence-electron chi connectivity index (χ2n) is 8.49. The third-order valence-corrected chi connectivity index (χ3v) is 7.02. The van der Waals surface area contributed by atoms with Gasteiger partial charge < -0.3 is 4.74 Å². The van der Waals surface area contributed by atoms with E-state index in [0.29, 0.717) is 28.8 Å². The van der Waals surface area contributed by atoms with Crippen molar-refractivity contribution in [2.45, 2.75) is 12.8 Å². The molecule has 1 aromatic heterocycles. The number of para-hydroxylation sites is 1. The monoisotopic (exact) mass is 655 g/mol. The Morgan fingerprint density at radius 2 is 1.72 bits per heavy atom. The van der Waals surface area contributed by atoms with Crippen LogP contribution < -0.4 is 10.3 Å². The van der Waals surface area contributed by atoms with Crippen molar-refractivity contribution >= 4 is 49.0 Å². The van der Waals surface area contributed by atoms with Gasteiger partial charge in [0.25, 0.3) is 5.56 Å². The highest BCUT2D eigenvalue weighted by Gasteiger charge is 2.31. The van der Waals surface area contributed by atoms with Gasteiger partial charge in [0, 0.05) is 20.1 Å². The van der Waals surface area contributed by atoms with Crippen LogP contribution in [-0.2, 0) is 12.8 Å². The highest BCUT2D eigenvalue weighted by Crippen LogP contribution is 2.32. The Labute approximate surface area is 237 Å². The lowest BCUT2D eigenvalue weighted by atomic mass is 10.1. The van der Waals surface area contributed by atoms with Crippen molar-refractivity contribution in [2.75, 3.05) is 0 Å². The van der Waals surface area contributed by atoms with E-state index in [0.717, 1.165) is 31.3 Å². The molecule has 0 amide bonds. The second kappa shape index (κ2) is 11.2. The van der Waals surface area contributed by atoms with Gasteiger partial charge in [-0.25, -0.2) is 4.98 Å². The Bertz CT molecular complexity index is 1770. The smallest absolute Gasteiger partial charge is 0.416 e. The molecule has 0 fully saturated rings. The maximum atomic E-state index is 13.4. The van der Waals surface area contributed by atoms with Crippen LogP contribution in [0.1, 0.15) is 16.7 Å². The first kappa shape index (κ1) is 26.8. The van der Waals surface area contributed by atoms with Gasteiger partial charge in [-0.3, -0.25) is 4.79 Å². The van der Waals surface area contributed by atoms with E-state index in [2.05, 4.69) is 41.9 Å². The molecule has 10 heteroatoms. The average molecular weight is 657 g/mol. The summed E-state index contributed by atoms with van der Waals surface area (Å²) < 4.78 is 49.0. The number of nitrogens with zero attached hydrogens (tertiary/aromatic N) is 3. The molecular weight excluding hydrogens is 639 g/mol. The largest absolute Gasteiger partial charge is 0.489 e. The molecule has 0 atom stereocenters. The van der Waals surface area contributed by atoms with Crippen LogP contribution in [0.15, 0.2) is 110 Å². The summed E-state index contributed by atoms with van der Waals surface area (Å²) in [7, 11) is 0. The molecule has 5 nitrogen and oxygen atoms in total. The Hall–Kier alpha value is -3.76. The van der Waals surface area contributed by atoms with Gasteiger partial charge in [0.2, 0.25) is 0 Å². The Morgan fingerprint density at radius 1 is 0.923 bits per heavy atom. The molecule has 0 aliphatic carbocycles. The zero-order valence-corrected chi connectivity index (χ0v) is 23.2. The number of halogens is 5. The predicted molar refractivity (Wildman–Crippen MR) is 152 cm³/mol. The lowest BCUT2D eigenvalue weighted by molar-refractivity contribution is -0.137. The van der Waals surface area contributed by atoms with Crippen LogP contribution in [0.4, 0.5) is 13.2 Å². The van der Waals surface area contributed by atoms with Gasteiger partial charge in [0.1, 0.15) is 12.4 Å². The first-order valence-electron chi connectivity index (χ1n) is 11.6. The molecule has 0 unspecified atom stereocenters. The van der Waals surface area contributed by atoms with Gasteiger partial charge in [-0.2, -0.15) is 22.9 Å². The Balaban J connectivity index is 1.51. The molecule has 0 N–H and O–H groups in total. The van der Waals surface area contributed by atoms with E-state index in [1.807, 2.05) is 18.2 Å². The predicted octanol–water partition coefficient (Wildman–Crippen LogP) is 8.07.